The van der Waals surface area contributed by atoms with E-state index in [9.17, 15) is 9.59 Å². The van der Waals surface area contributed by atoms with Crippen LogP contribution in [0.4, 0.5) is 5.82 Å². The first-order valence-corrected chi connectivity index (χ1v) is 8.09. The van der Waals surface area contributed by atoms with Crippen LogP contribution in [0.25, 0.3) is 0 Å². The van der Waals surface area contributed by atoms with Crippen LogP contribution in [-0.4, -0.2) is 28.7 Å². The monoisotopic (exact) mass is 343 g/mol. The number of likely N-dealkylation sites (tertiary alicyclic amines) is 1. The highest BCUT2D eigenvalue weighted by atomic mass is 35.5. The molecule has 2 atom stereocenters. The molecule has 0 radical (unpaired) electrons. The van der Waals surface area contributed by atoms with Crippen LogP contribution in [0.3, 0.4) is 0 Å². The molecule has 2 aromatic rings. The molecule has 1 aliphatic heterocycles. The number of carbonyl (C=O) groups is 2. The van der Waals surface area contributed by atoms with E-state index < -0.39 is 5.92 Å². The first kappa shape index (κ1) is 16.5. The van der Waals surface area contributed by atoms with Gasteiger partial charge in [0.05, 0.1) is 12.0 Å². The Morgan fingerprint density at radius 2 is 2.04 bits per heavy atom. The van der Waals surface area contributed by atoms with Crippen molar-refractivity contribution < 1.29 is 9.59 Å². The molecule has 24 heavy (non-hydrogen) atoms. The first-order valence-electron chi connectivity index (χ1n) is 7.71. The van der Waals surface area contributed by atoms with Gasteiger partial charge < -0.3 is 10.2 Å². The number of aryl methyl sites for hydroxylation is 1. The predicted molar refractivity (Wildman–Crippen MR) is 92.7 cm³/mol. The lowest BCUT2D eigenvalue weighted by atomic mass is 9.93. The Morgan fingerprint density at radius 3 is 2.75 bits per heavy atom. The molecule has 2 heterocycles. The van der Waals surface area contributed by atoms with Crippen molar-refractivity contribution in [2.24, 2.45) is 5.92 Å². The largest absolute Gasteiger partial charge is 0.338 e. The van der Waals surface area contributed by atoms with E-state index in [2.05, 4.69) is 10.3 Å². The van der Waals surface area contributed by atoms with E-state index in [-0.39, 0.29) is 24.3 Å². The van der Waals surface area contributed by atoms with E-state index in [1.165, 1.54) is 0 Å². The summed E-state index contributed by atoms with van der Waals surface area (Å²) in [5.41, 5.74) is 1.67. The summed E-state index contributed by atoms with van der Waals surface area (Å²) in [6, 6.07) is 12.4. The molecule has 1 aliphatic rings. The molecule has 2 unspecified atom stereocenters. The maximum atomic E-state index is 12.7. The molecule has 6 heteroatoms. The summed E-state index contributed by atoms with van der Waals surface area (Å²) in [5.74, 6) is -0.261. The fourth-order valence-electron chi connectivity index (χ4n) is 3.08. The van der Waals surface area contributed by atoms with Crippen LogP contribution in [0.5, 0.6) is 0 Å². The van der Waals surface area contributed by atoms with Gasteiger partial charge in [-0.15, -0.1) is 0 Å². The second kappa shape index (κ2) is 6.61. The van der Waals surface area contributed by atoms with Crippen molar-refractivity contribution in [3.05, 3.63) is 58.7 Å². The molecular formula is C18H18ClN3O2. The van der Waals surface area contributed by atoms with Gasteiger partial charge in [0.25, 0.3) is 0 Å². The van der Waals surface area contributed by atoms with Crippen molar-refractivity contribution >= 4 is 29.2 Å². The van der Waals surface area contributed by atoms with Crippen LogP contribution >= 0.6 is 11.6 Å². The lowest BCUT2D eigenvalue weighted by Gasteiger charge is -2.25. The molecule has 124 valence electrons. The molecular weight excluding hydrogens is 326 g/mol. The zero-order valence-electron chi connectivity index (χ0n) is 13.5. The zero-order valence-corrected chi connectivity index (χ0v) is 14.2. The molecule has 1 aromatic heterocycles. The molecule has 0 aliphatic carbocycles. The third kappa shape index (κ3) is 3.26. The third-order valence-corrected chi connectivity index (χ3v) is 4.49. The lowest BCUT2D eigenvalue weighted by molar-refractivity contribution is -0.127. The Kier molecular flexibility index (Phi) is 4.53. The number of nitrogens with one attached hydrogen (secondary N) is 1. The van der Waals surface area contributed by atoms with Gasteiger partial charge in [-0.05, 0) is 36.8 Å². The maximum Gasteiger partial charge on any atom is 0.231 e. The molecule has 1 N–H and O–H groups in total. The summed E-state index contributed by atoms with van der Waals surface area (Å²) >= 11 is 6.07. The van der Waals surface area contributed by atoms with Gasteiger partial charge in [-0.1, -0.05) is 29.8 Å². The van der Waals surface area contributed by atoms with Crippen LogP contribution in [0.15, 0.2) is 42.5 Å². The van der Waals surface area contributed by atoms with E-state index in [1.54, 1.807) is 30.1 Å². The molecule has 0 saturated carbocycles. The van der Waals surface area contributed by atoms with Crippen molar-refractivity contribution in [3.63, 3.8) is 0 Å². The standard InChI is InChI=1S/C18H18ClN3O2/c1-11-5-3-8-15(20-11)21-18(24)14-10-16(23)22(2)17(14)12-6-4-7-13(19)9-12/h3-9,14,17H,10H2,1-2H3,(H,20,21,24). The SMILES string of the molecule is Cc1cccc(NC(=O)C2CC(=O)N(C)C2c2cccc(Cl)c2)n1. The third-order valence-electron chi connectivity index (χ3n) is 4.25. The fourth-order valence-corrected chi connectivity index (χ4v) is 3.28. The summed E-state index contributed by atoms with van der Waals surface area (Å²) in [6.45, 7) is 1.86. The Balaban J connectivity index is 1.87. The van der Waals surface area contributed by atoms with Crippen molar-refractivity contribution in [2.75, 3.05) is 12.4 Å². The van der Waals surface area contributed by atoms with Gasteiger partial charge in [-0.3, -0.25) is 9.59 Å². The van der Waals surface area contributed by atoms with Gasteiger partial charge in [0.1, 0.15) is 5.82 Å². The Labute approximate surface area is 145 Å². The van der Waals surface area contributed by atoms with Gasteiger partial charge in [0.2, 0.25) is 11.8 Å². The van der Waals surface area contributed by atoms with E-state index in [4.69, 9.17) is 11.6 Å². The van der Waals surface area contributed by atoms with Gasteiger partial charge in [-0.25, -0.2) is 4.98 Å². The second-order valence-electron chi connectivity index (χ2n) is 5.97. The second-order valence-corrected chi connectivity index (χ2v) is 6.40. The average Bonchev–Trinajstić information content (AvgIpc) is 2.83. The van der Waals surface area contributed by atoms with Gasteiger partial charge >= 0.3 is 0 Å². The molecule has 2 amide bonds. The van der Waals surface area contributed by atoms with Crippen LogP contribution in [0, 0.1) is 12.8 Å². The van der Waals surface area contributed by atoms with Gasteiger partial charge in [0.15, 0.2) is 0 Å². The Bertz CT molecular complexity index is 793. The first-order chi connectivity index (χ1) is 11.5. The smallest absolute Gasteiger partial charge is 0.231 e. The number of amides is 2. The van der Waals surface area contributed by atoms with Crippen LogP contribution in [0.1, 0.15) is 23.7 Å². The molecule has 1 aromatic carbocycles. The zero-order chi connectivity index (χ0) is 17.3. The predicted octanol–water partition coefficient (Wildman–Crippen LogP) is 3.20. The minimum absolute atomic E-state index is 0.0580. The molecule has 1 fully saturated rings. The number of hydrogen-bond donors (Lipinski definition) is 1. The Morgan fingerprint density at radius 1 is 1.29 bits per heavy atom. The van der Waals surface area contributed by atoms with E-state index in [0.717, 1.165) is 11.3 Å². The quantitative estimate of drug-likeness (QED) is 0.930. The summed E-state index contributed by atoms with van der Waals surface area (Å²) in [6.07, 6.45) is 0.172. The highest BCUT2D eigenvalue weighted by molar-refractivity contribution is 6.30. The number of halogens is 1. The number of rotatable bonds is 3. The van der Waals surface area contributed by atoms with Crippen molar-refractivity contribution in [3.8, 4) is 0 Å². The van der Waals surface area contributed by atoms with Gasteiger partial charge in [-0.2, -0.15) is 0 Å². The summed E-state index contributed by atoms with van der Waals surface area (Å²) in [4.78, 5) is 30.8. The highest BCUT2D eigenvalue weighted by Gasteiger charge is 2.42. The molecule has 0 bridgehead atoms. The molecule has 3 rings (SSSR count). The van der Waals surface area contributed by atoms with Crippen LogP contribution in [-0.2, 0) is 9.59 Å². The summed E-state index contributed by atoms with van der Waals surface area (Å²) in [7, 11) is 1.71. The van der Waals surface area contributed by atoms with Crippen LogP contribution < -0.4 is 5.32 Å². The minimum atomic E-state index is -0.483. The van der Waals surface area contributed by atoms with Crippen LogP contribution in [0.2, 0.25) is 5.02 Å². The van der Waals surface area contributed by atoms with Crippen molar-refractivity contribution in [1.82, 2.24) is 9.88 Å². The number of nitrogens with zero attached hydrogens (tertiary/aromatic N) is 2. The summed E-state index contributed by atoms with van der Waals surface area (Å²) in [5, 5.41) is 3.40. The number of carbonyl (C=O) groups excluding carboxylic acids is 2. The highest BCUT2D eigenvalue weighted by Crippen LogP contribution is 2.38. The molecule has 0 spiro atoms. The maximum absolute atomic E-state index is 12.7. The topological polar surface area (TPSA) is 62.3 Å². The number of benzene rings is 1. The van der Waals surface area contributed by atoms with E-state index >= 15 is 0 Å². The number of aromatic nitrogens is 1. The molecule has 1 saturated heterocycles. The number of hydrogen-bond acceptors (Lipinski definition) is 3. The van der Waals surface area contributed by atoms with Crippen molar-refractivity contribution in [2.45, 2.75) is 19.4 Å². The number of anilines is 1. The van der Waals surface area contributed by atoms with Gasteiger partial charge in [0, 0.05) is 24.2 Å². The van der Waals surface area contributed by atoms with E-state index in [0.29, 0.717) is 10.8 Å². The lowest BCUT2D eigenvalue weighted by Crippen LogP contribution is -2.30. The Hall–Kier alpha value is -2.40. The fraction of sp³-hybridized carbons (Fsp3) is 0.278. The van der Waals surface area contributed by atoms with E-state index in [1.807, 2.05) is 31.2 Å². The minimum Gasteiger partial charge on any atom is -0.338 e. The molecule has 5 nitrogen and oxygen atoms in total. The number of pyridine rings is 1. The van der Waals surface area contributed by atoms with Crippen molar-refractivity contribution in [1.29, 1.82) is 0 Å². The summed E-state index contributed by atoms with van der Waals surface area (Å²) < 4.78 is 0. The average molecular weight is 344 g/mol. The normalized spacial score (nSPS) is 20.3.